The van der Waals surface area contributed by atoms with E-state index in [0.717, 1.165) is 19.4 Å². The van der Waals surface area contributed by atoms with Crippen LogP contribution < -0.4 is 5.32 Å². The average molecular weight is 250 g/mol. The molecule has 1 rings (SSSR count). The van der Waals surface area contributed by atoms with E-state index in [0.29, 0.717) is 13.1 Å². The fourth-order valence-electron chi connectivity index (χ4n) is 1.82. The molecule has 1 saturated heterocycles. The number of hydrogen-bond donors (Lipinski definition) is 1. The van der Waals surface area contributed by atoms with Crippen molar-refractivity contribution in [3.63, 3.8) is 0 Å². The van der Waals surface area contributed by atoms with Crippen molar-refractivity contribution in [2.75, 3.05) is 32.8 Å². The fraction of sp³-hybridized carbons (Fsp3) is 0.909. The van der Waals surface area contributed by atoms with Crippen LogP contribution in [0.1, 0.15) is 19.8 Å². The molecule has 1 atom stereocenters. The number of halogens is 2. The van der Waals surface area contributed by atoms with E-state index < -0.39 is 13.0 Å². The maximum atomic E-state index is 11.8. The minimum atomic E-state index is -2.44. The van der Waals surface area contributed by atoms with Crippen molar-refractivity contribution in [3.8, 4) is 0 Å². The van der Waals surface area contributed by atoms with E-state index in [1.807, 2.05) is 6.92 Å². The Hall–Kier alpha value is -0.750. The number of carbonyl (C=O) groups excluding carboxylic acids is 1. The summed E-state index contributed by atoms with van der Waals surface area (Å²) in [6, 6.07) is -0.106. The first-order valence-electron chi connectivity index (χ1n) is 6.03. The summed E-state index contributed by atoms with van der Waals surface area (Å²) in [5.74, 6) is 0.0547. The van der Waals surface area contributed by atoms with Gasteiger partial charge in [0, 0.05) is 13.1 Å². The molecule has 100 valence electrons. The van der Waals surface area contributed by atoms with Gasteiger partial charge in [-0.3, -0.25) is 4.79 Å². The van der Waals surface area contributed by atoms with Crippen LogP contribution in [-0.4, -0.2) is 56.1 Å². The van der Waals surface area contributed by atoms with Crippen LogP contribution in [0.3, 0.4) is 0 Å². The molecule has 0 saturated carbocycles. The molecule has 1 aliphatic rings. The second-order valence-electron chi connectivity index (χ2n) is 4.09. The number of nitrogens with one attached hydrogen (secondary N) is 1. The van der Waals surface area contributed by atoms with Crippen LogP contribution >= 0.6 is 0 Å². The molecule has 0 aromatic heterocycles. The minimum absolute atomic E-state index is 0.0547. The van der Waals surface area contributed by atoms with Gasteiger partial charge in [-0.1, -0.05) is 6.92 Å². The summed E-state index contributed by atoms with van der Waals surface area (Å²) < 4.78 is 28.4. The molecule has 6 heteroatoms. The highest BCUT2D eigenvalue weighted by molar-refractivity contribution is 5.83. The molecule has 17 heavy (non-hydrogen) atoms. The van der Waals surface area contributed by atoms with Gasteiger partial charge in [-0.05, 0) is 19.4 Å². The number of amides is 1. The van der Waals surface area contributed by atoms with Gasteiger partial charge in [0.25, 0.3) is 6.43 Å². The predicted octanol–water partition coefficient (Wildman–Crippen LogP) is 0.869. The summed E-state index contributed by atoms with van der Waals surface area (Å²) in [4.78, 5) is 13.5. The molecule has 0 aliphatic carbocycles. The predicted molar refractivity (Wildman–Crippen MR) is 60.1 cm³/mol. The summed E-state index contributed by atoms with van der Waals surface area (Å²) in [6.07, 6.45) is -0.669. The summed E-state index contributed by atoms with van der Waals surface area (Å²) in [6.45, 7) is 3.57. The molecule has 1 amide bonds. The number of hydrogen-bond acceptors (Lipinski definition) is 3. The second-order valence-corrected chi connectivity index (χ2v) is 4.09. The van der Waals surface area contributed by atoms with Crippen LogP contribution in [0.15, 0.2) is 0 Å². The normalized spacial score (nSPS) is 20.6. The third-order valence-electron chi connectivity index (χ3n) is 2.69. The Labute approximate surface area is 100 Å². The maximum Gasteiger partial charge on any atom is 0.261 e. The molecule has 0 aromatic carbocycles. The van der Waals surface area contributed by atoms with E-state index in [1.54, 1.807) is 4.90 Å². The lowest BCUT2D eigenvalue weighted by molar-refractivity contribution is -0.130. The Balaban J connectivity index is 2.16. The highest BCUT2D eigenvalue weighted by atomic mass is 19.3. The van der Waals surface area contributed by atoms with E-state index in [9.17, 15) is 13.6 Å². The van der Waals surface area contributed by atoms with Crippen LogP contribution in [0, 0.1) is 0 Å². The molecule has 1 N–H and O–H groups in total. The lowest BCUT2D eigenvalue weighted by Gasteiger charge is -2.17. The van der Waals surface area contributed by atoms with Crippen molar-refractivity contribution in [3.05, 3.63) is 0 Å². The SMILES string of the molecule is CCCNC1CCN(CCOCC(F)F)C1=O. The summed E-state index contributed by atoms with van der Waals surface area (Å²) in [5.41, 5.74) is 0. The van der Waals surface area contributed by atoms with Gasteiger partial charge in [-0.2, -0.15) is 0 Å². The highest BCUT2D eigenvalue weighted by Crippen LogP contribution is 2.10. The Morgan fingerprint density at radius 3 is 3.00 bits per heavy atom. The van der Waals surface area contributed by atoms with E-state index in [1.165, 1.54) is 0 Å². The summed E-state index contributed by atoms with van der Waals surface area (Å²) in [5, 5.41) is 3.17. The molecule has 0 spiro atoms. The Morgan fingerprint density at radius 1 is 1.59 bits per heavy atom. The van der Waals surface area contributed by atoms with Gasteiger partial charge < -0.3 is 15.0 Å². The van der Waals surface area contributed by atoms with E-state index >= 15 is 0 Å². The number of nitrogens with zero attached hydrogens (tertiary/aromatic N) is 1. The number of ether oxygens (including phenoxy) is 1. The molecular formula is C11H20F2N2O2. The Morgan fingerprint density at radius 2 is 2.35 bits per heavy atom. The quantitative estimate of drug-likeness (QED) is 0.650. The van der Waals surface area contributed by atoms with Crippen molar-refractivity contribution in [1.82, 2.24) is 10.2 Å². The number of alkyl halides is 2. The molecule has 1 unspecified atom stereocenters. The van der Waals surface area contributed by atoms with Gasteiger partial charge in [-0.25, -0.2) is 8.78 Å². The molecule has 1 heterocycles. The highest BCUT2D eigenvalue weighted by Gasteiger charge is 2.30. The van der Waals surface area contributed by atoms with Crippen LogP contribution in [-0.2, 0) is 9.53 Å². The molecule has 1 aliphatic heterocycles. The van der Waals surface area contributed by atoms with E-state index in [-0.39, 0.29) is 18.6 Å². The first-order chi connectivity index (χ1) is 8.15. The first-order valence-corrected chi connectivity index (χ1v) is 6.03. The molecular weight excluding hydrogens is 230 g/mol. The Kier molecular flexibility index (Phi) is 6.36. The van der Waals surface area contributed by atoms with Gasteiger partial charge in [0.2, 0.25) is 5.91 Å². The van der Waals surface area contributed by atoms with Gasteiger partial charge in [-0.15, -0.1) is 0 Å². The van der Waals surface area contributed by atoms with Crippen LogP contribution in [0.5, 0.6) is 0 Å². The lowest BCUT2D eigenvalue weighted by Crippen LogP contribution is -2.39. The molecule has 0 aromatic rings. The monoisotopic (exact) mass is 250 g/mol. The average Bonchev–Trinajstić information content (AvgIpc) is 2.63. The van der Waals surface area contributed by atoms with Gasteiger partial charge in [0.05, 0.1) is 12.6 Å². The second kappa shape index (κ2) is 7.55. The largest absolute Gasteiger partial charge is 0.374 e. The van der Waals surface area contributed by atoms with E-state index in [2.05, 4.69) is 5.32 Å². The Bertz CT molecular complexity index is 240. The zero-order valence-corrected chi connectivity index (χ0v) is 10.1. The van der Waals surface area contributed by atoms with Crippen LogP contribution in [0.25, 0.3) is 0 Å². The molecule has 0 radical (unpaired) electrons. The zero-order chi connectivity index (χ0) is 12.7. The maximum absolute atomic E-state index is 11.8. The summed E-state index contributed by atoms with van der Waals surface area (Å²) in [7, 11) is 0. The smallest absolute Gasteiger partial charge is 0.261 e. The van der Waals surface area contributed by atoms with Gasteiger partial charge in [0.1, 0.15) is 6.61 Å². The molecule has 0 bridgehead atoms. The van der Waals surface area contributed by atoms with Crippen molar-refractivity contribution < 1.29 is 18.3 Å². The third-order valence-corrected chi connectivity index (χ3v) is 2.69. The number of likely N-dealkylation sites (tertiary alicyclic amines) is 1. The third kappa shape index (κ3) is 4.95. The van der Waals surface area contributed by atoms with Crippen LogP contribution in [0.4, 0.5) is 8.78 Å². The zero-order valence-electron chi connectivity index (χ0n) is 10.1. The van der Waals surface area contributed by atoms with Gasteiger partial charge >= 0.3 is 0 Å². The van der Waals surface area contributed by atoms with Crippen molar-refractivity contribution in [2.24, 2.45) is 0 Å². The van der Waals surface area contributed by atoms with Gasteiger partial charge in [0.15, 0.2) is 0 Å². The number of carbonyl (C=O) groups is 1. The molecule has 1 fully saturated rings. The van der Waals surface area contributed by atoms with Crippen molar-refractivity contribution in [2.45, 2.75) is 32.2 Å². The minimum Gasteiger partial charge on any atom is -0.374 e. The number of rotatable bonds is 8. The van der Waals surface area contributed by atoms with Crippen molar-refractivity contribution >= 4 is 5.91 Å². The topological polar surface area (TPSA) is 41.6 Å². The first kappa shape index (κ1) is 14.3. The fourth-order valence-corrected chi connectivity index (χ4v) is 1.82. The van der Waals surface area contributed by atoms with E-state index in [4.69, 9.17) is 4.74 Å². The summed E-state index contributed by atoms with van der Waals surface area (Å²) >= 11 is 0. The standard InChI is InChI=1S/C11H20F2N2O2/c1-2-4-14-9-3-5-15(11(9)16)6-7-17-8-10(12)13/h9-10,14H,2-8H2,1H3. The molecule has 4 nitrogen and oxygen atoms in total. The van der Waals surface area contributed by atoms with Crippen molar-refractivity contribution in [1.29, 1.82) is 0 Å². The lowest BCUT2D eigenvalue weighted by atomic mass is 10.2. The van der Waals surface area contributed by atoms with Crippen LogP contribution in [0.2, 0.25) is 0 Å².